The van der Waals surface area contributed by atoms with E-state index in [2.05, 4.69) is 58.3 Å². The molecule has 3 unspecified atom stereocenters. The molecule has 1 saturated carbocycles. The fourth-order valence-corrected chi connectivity index (χ4v) is 3.33. The molecule has 0 saturated heterocycles. The molecular weight excluding hydrogens is 242 g/mol. The summed E-state index contributed by atoms with van der Waals surface area (Å²) in [6.45, 7) is 17.8. The van der Waals surface area contributed by atoms with Crippen molar-refractivity contribution in [2.75, 3.05) is 6.54 Å². The molecule has 112 valence electrons. The Kier molecular flexibility index (Phi) is 6.84. The Hall–Kier alpha value is -1.24. The van der Waals surface area contributed by atoms with Gasteiger partial charge < -0.3 is 5.32 Å². The normalized spacial score (nSPS) is 27.5. The molecule has 1 heteroatoms. The Balaban J connectivity index is 2.67. The molecule has 0 aromatic rings. The summed E-state index contributed by atoms with van der Waals surface area (Å²) in [5, 5.41) is 3.63. The highest BCUT2D eigenvalue weighted by atomic mass is 14.9. The van der Waals surface area contributed by atoms with Gasteiger partial charge in [-0.05, 0) is 61.7 Å². The Labute approximate surface area is 125 Å². The van der Waals surface area contributed by atoms with Crippen LogP contribution in [0.3, 0.4) is 0 Å². The van der Waals surface area contributed by atoms with Crippen LogP contribution in [0.4, 0.5) is 0 Å². The third-order valence-corrected chi connectivity index (χ3v) is 4.60. The van der Waals surface area contributed by atoms with Gasteiger partial charge in [0.1, 0.15) is 0 Å². The fourth-order valence-electron chi connectivity index (χ4n) is 3.33. The molecule has 0 bridgehead atoms. The molecule has 1 aliphatic rings. The maximum Gasteiger partial charge on any atom is 0.0412 e. The van der Waals surface area contributed by atoms with Gasteiger partial charge in [-0.15, -0.1) is 0 Å². The third kappa shape index (κ3) is 4.40. The summed E-state index contributed by atoms with van der Waals surface area (Å²) >= 11 is 0. The van der Waals surface area contributed by atoms with E-state index in [4.69, 9.17) is 0 Å². The number of nitrogens with one attached hydrogen (secondary N) is 1. The van der Waals surface area contributed by atoms with Gasteiger partial charge in [-0.1, -0.05) is 45.6 Å². The molecule has 3 atom stereocenters. The molecular formula is C19H31N. The molecule has 0 aromatic heterocycles. The van der Waals surface area contributed by atoms with Crippen LogP contribution in [0.5, 0.6) is 0 Å². The molecule has 1 aliphatic carbocycles. The number of hydrogen-bond acceptors (Lipinski definition) is 1. The van der Waals surface area contributed by atoms with Gasteiger partial charge in [0.05, 0.1) is 0 Å². The second kappa shape index (κ2) is 8.14. The molecule has 1 fully saturated rings. The summed E-state index contributed by atoms with van der Waals surface area (Å²) in [4.78, 5) is 0. The SMILES string of the molecule is C=C/C=C(NCC1CC(CC)CC1C)\C(=C\C)C(=C)C. The van der Waals surface area contributed by atoms with Crippen molar-refractivity contribution in [1.29, 1.82) is 0 Å². The first-order valence-electron chi connectivity index (χ1n) is 7.92. The standard InChI is InChI=1S/C19H31N/c1-7-10-19(18(9-3)14(4)5)20-13-17-12-16(8-2)11-15(17)6/h7,9-10,15-17,20H,1,4,8,11-13H2,2-3,5-6H3/b18-9+,19-10+. The topological polar surface area (TPSA) is 12.0 Å². The van der Waals surface area contributed by atoms with E-state index in [0.717, 1.165) is 35.6 Å². The Morgan fingerprint density at radius 1 is 1.35 bits per heavy atom. The predicted molar refractivity (Wildman–Crippen MR) is 90.5 cm³/mol. The summed E-state index contributed by atoms with van der Waals surface area (Å²) in [6, 6.07) is 0. The van der Waals surface area contributed by atoms with E-state index in [1.165, 1.54) is 24.8 Å². The molecule has 0 spiro atoms. The fraction of sp³-hybridized carbons (Fsp3) is 0.579. The molecule has 0 aliphatic heterocycles. The zero-order chi connectivity index (χ0) is 15.1. The lowest BCUT2D eigenvalue weighted by atomic mass is 9.97. The largest absolute Gasteiger partial charge is 0.384 e. The first kappa shape index (κ1) is 16.8. The van der Waals surface area contributed by atoms with Gasteiger partial charge in [0, 0.05) is 12.2 Å². The maximum absolute atomic E-state index is 4.07. The Morgan fingerprint density at radius 2 is 2.05 bits per heavy atom. The summed E-state index contributed by atoms with van der Waals surface area (Å²) < 4.78 is 0. The molecule has 20 heavy (non-hydrogen) atoms. The van der Waals surface area contributed by atoms with Crippen molar-refractivity contribution in [2.45, 2.75) is 47.0 Å². The zero-order valence-corrected chi connectivity index (χ0v) is 13.7. The number of allylic oxidation sites excluding steroid dienone is 4. The first-order chi connectivity index (χ1) is 9.53. The lowest BCUT2D eigenvalue weighted by Gasteiger charge is -2.20. The lowest BCUT2D eigenvalue weighted by Crippen LogP contribution is -2.25. The summed E-state index contributed by atoms with van der Waals surface area (Å²) in [5.74, 6) is 2.54. The minimum atomic E-state index is 0.788. The average molecular weight is 273 g/mol. The van der Waals surface area contributed by atoms with Crippen molar-refractivity contribution in [3.05, 3.63) is 48.2 Å². The molecule has 0 amide bonds. The van der Waals surface area contributed by atoms with E-state index in [9.17, 15) is 0 Å². The van der Waals surface area contributed by atoms with Crippen LogP contribution >= 0.6 is 0 Å². The van der Waals surface area contributed by atoms with Crippen LogP contribution in [0.15, 0.2) is 48.2 Å². The van der Waals surface area contributed by atoms with Gasteiger partial charge in [-0.25, -0.2) is 0 Å². The second-order valence-corrected chi connectivity index (χ2v) is 6.16. The van der Waals surface area contributed by atoms with Crippen LogP contribution in [0.25, 0.3) is 0 Å². The van der Waals surface area contributed by atoms with Gasteiger partial charge in [-0.3, -0.25) is 0 Å². The zero-order valence-electron chi connectivity index (χ0n) is 13.7. The van der Waals surface area contributed by atoms with E-state index >= 15 is 0 Å². The summed E-state index contributed by atoms with van der Waals surface area (Å²) in [7, 11) is 0. The highest BCUT2D eigenvalue weighted by Crippen LogP contribution is 2.37. The van der Waals surface area contributed by atoms with Crippen molar-refractivity contribution in [3.63, 3.8) is 0 Å². The van der Waals surface area contributed by atoms with Crippen molar-refractivity contribution >= 4 is 0 Å². The lowest BCUT2D eigenvalue weighted by molar-refractivity contribution is 0.406. The second-order valence-electron chi connectivity index (χ2n) is 6.16. The highest BCUT2D eigenvalue weighted by molar-refractivity contribution is 5.44. The highest BCUT2D eigenvalue weighted by Gasteiger charge is 2.29. The van der Waals surface area contributed by atoms with E-state index in [0.29, 0.717) is 0 Å². The minimum absolute atomic E-state index is 0.788. The van der Waals surface area contributed by atoms with Crippen LogP contribution in [0.1, 0.15) is 47.0 Å². The van der Waals surface area contributed by atoms with E-state index in [1.54, 1.807) is 0 Å². The molecule has 1 nitrogen and oxygen atoms in total. The number of hydrogen-bond donors (Lipinski definition) is 1. The van der Waals surface area contributed by atoms with Gasteiger partial charge in [-0.2, -0.15) is 0 Å². The molecule has 1 N–H and O–H groups in total. The predicted octanol–water partition coefficient (Wildman–Crippen LogP) is 5.24. The Bertz CT molecular complexity index is 400. The van der Waals surface area contributed by atoms with Crippen molar-refractivity contribution in [2.24, 2.45) is 17.8 Å². The molecule has 1 rings (SSSR count). The van der Waals surface area contributed by atoms with Gasteiger partial charge in [0.25, 0.3) is 0 Å². The van der Waals surface area contributed by atoms with Crippen LogP contribution in [0.2, 0.25) is 0 Å². The molecule has 0 aromatic carbocycles. The summed E-state index contributed by atoms with van der Waals surface area (Å²) in [6.07, 6.45) is 10.1. The summed E-state index contributed by atoms with van der Waals surface area (Å²) in [5.41, 5.74) is 3.45. The van der Waals surface area contributed by atoms with Gasteiger partial charge in [0.15, 0.2) is 0 Å². The van der Waals surface area contributed by atoms with Crippen molar-refractivity contribution in [1.82, 2.24) is 5.32 Å². The monoisotopic (exact) mass is 273 g/mol. The van der Waals surface area contributed by atoms with Crippen molar-refractivity contribution in [3.8, 4) is 0 Å². The van der Waals surface area contributed by atoms with E-state index in [1.807, 2.05) is 6.08 Å². The average Bonchev–Trinajstić information content (AvgIpc) is 2.77. The maximum atomic E-state index is 4.07. The van der Waals surface area contributed by atoms with Crippen LogP contribution in [0, 0.1) is 17.8 Å². The van der Waals surface area contributed by atoms with Crippen LogP contribution in [-0.2, 0) is 0 Å². The Morgan fingerprint density at radius 3 is 2.50 bits per heavy atom. The third-order valence-electron chi connectivity index (χ3n) is 4.60. The molecule has 0 radical (unpaired) electrons. The van der Waals surface area contributed by atoms with Gasteiger partial charge >= 0.3 is 0 Å². The smallest absolute Gasteiger partial charge is 0.0412 e. The first-order valence-corrected chi connectivity index (χ1v) is 7.92. The van der Waals surface area contributed by atoms with Gasteiger partial charge in [0.2, 0.25) is 0 Å². The van der Waals surface area contributed by atoms with Crippen LogP contribution in [-0.4, -0.2) is 6.54 Å². The van der Waals surface area contributed by atoms with E-state index < -0.39 is 0 Å². The van der Waals surface area contributed by atoms with Crippen molar-refractivity contribution < 1.29 is 0 Å². The number of rotatable bonds is 7. The van der Waals surface area contributed by atoms with E-state index in [-0.39, 0.29) is 0 Å². The molecule has 0 heterocycles. The minimum Gasteiger partial charge on any atom is -0.384 e. The quantitative estimate of drug-likeness (QED) is 0.625. The van der Waals surface area contributed by atoms with Crippen LogP contribution < -0.4 is 5.32 Å².